The van der Waals surface area contributed by atoms with Gasteiger partial charge >= 0.3 is 0 Å². The molecule has 2 heteroatoms. The lowest BCUT2D eigenvalue weighted by molar-refractivity contribution is 0.0572. The Morgan fingerprint density at radius 2 is 2.06 bits per heavy atom. The van der Waals surface area contributed by atoms with Crippen LogP contribution < -0.4 is 0 Å². The Kier molecular flexibility index (Phi) is 5.44. The van der Waals surface area contributed by atoms with Crippen molar-refractivity contribution >= 4 is 7.85 Å². The van der Waals surface area contributed by atoms with Gasteiger partial charge in [0.15, 0.2) is 0 Å². The highest BCUT2D eigenvalue weighted by molar-refractivity contribution is 6.23. The molecule has 2 radical (unpaired) electrons. The van der Waals surface area contributed by atoms with Crippen molar-refractivity contribution in [3.8, 4) is 0 Å². The fourth-order valence-corrected chi connectivity index (χ4v) is 1.39. The van der Waals surface area contributed by atoms with Crippen LogP contribution in [0, 0.1) is 0 Å². The van der Waals surface area contributed by atoms with Crippen LogP contribution in [-0.2, 0) is 4.74 Å². The average molecular weight is 216 g/mol. The first-order valence-electron chi connectivity index (χ1n) is 6.13. The maximum atomic E-state index is 5.94. The maximum Gasteiger partial charge on any atom is 0.118 e. The molecule has 86 valence electrons. The zero-order chi connectivity index (χ0) is 12.0. The normalized spacial score (nSPS) is 19.6. The van der Waals surface area contributed by atoms with Crippen LogP contribution in [0.5, 0.6) is 0 Å². The Morgan fingerprint density at radius 1 is 1.38 bits per heavy atom. The molecule has 0 saturated heterocycles. The molecule has 1 fully saturated rings. The molecule has 1 aliphatic carbocycles. The molecule has 0 bridgehead atoms. The fourth-order valence-electron chi connectivity index (χ4n) is 1.39. The van der Waals surface area contributed by atoms with Gasteiger partial charge in [-0.1, -0.05) is 19.1 Å². The van der Waals surface area contributed by atoms with E-state index >= 15 is 0 Å². The summed E-state index contributed by atoms with van der Waals surface area (Å²) >= 11 is 0. The highest BCUT2D eigenvalue weighted by Crippen LogP contribution is 2.26. The molecule has 0 aromatic carbocycles. The number of hydrogen-bond donors (Lipinski definition) is 0. The maximum absolute atomic E-state index is 5.94. The Hall–Kier alpha value is -0.915. The molecule has 0 N–H and O–H groups in total. The minimum absolute atomic E-state index is 0.424. The van der Waals surface area contributed by atoms with Gasteiger partial charge in [0.1, 0.15) is 13.6 Å². The molecule has 1 rings (SSSR count). The van der Waals surface area contributed by atoms with Crippen molar-refractivity contribution < 1.29 is 4.74 Å². The van der Waals surface area contributed by atoms with E-state index in [-0.39, 0.29) is 0 Å². The quantitative estimate of drug-likeness (QED) is 0.385. The average Bonchev–Trinajstić information content (AvgIpc) is 2.25. The minimum Gasteiger partial charge on any atom is -0.491 e. The Morgan fingerprint density at radius 3 is 2.50 bits per heavy atom. The molecule has 0 atom stereocenters. The van der Waals surface area contributed by atoms with E-state index in [1.165, 1.54) is 24.8 Å². The van der Waals surface area contributed by atoms with Crippen LogP contribution in [0.1, 0.15) is 46.5 Å². The number of hydrogen-bond acceptors (Lipinski definition) is 1. The van der Waals surface area contributed by atoms with Crippen molar-refractivity contribution in [1.82, 2.24) is 0 Å². The van der Waals surface area contributed by atoms with Gasteiger partial charge in [0.25, 0.3) is 0 Å². The first-order valence-corrected chi connectivity index (χ1v) is 6.13. The zero-order valence-corrected chi connectivity index (χ0v) is 10.6. The van der Waals surface area contributed by atoms with Crippen molar-refractivity contribution in [2.75, 3.05) is 0 Å². The van der Waals surface area contributed by atoms with Crippen molar-refractivity contribution in [1.29, 1.82) is 0 Å². The standard InChI is InChI=1S/C14H21BO/c1-4-11(3)14(10-9-12(15)5-2)16-13-7-6-8-13/h5,9-10,13H,4,6-8H2,1-3H3/b10-9-,12-5+,14-11-. The van der Waals surface area contributed by atoms with Gasteiger partial charge in [-0.05, 0) is 51.2 Å². The Labute approximate surface area is 101 Å². The van der Waals surface area contributed by atoms with E-state index < -0.39 is 0 Å². The fraction of sp³-hybridized carbons (Fsp3) is 0.571. The number of ether oxygens (including phenoxy) is 1. The van der Waals surface area contributed by atoms with Gasteiger partial charge in [0, 0.05) is 0 Å². The Balaban J connectivity index is 2.67. The van der Waals surface area contributed by atoms with Gasteiger partial charge in [-0.15, -0.1) is 5.47 Å². The number of rotatable bonds is 5. The minimum atomic E-state index is 0.424. The van der Waals surface area contributed by atoms with Crippen molar-refractivity contribution in [3.05, 3.63) is 35.0 Å². The van der Waals surface area contributed by atoms with Gasteiger partial charge in [-0.25, -0.2) is 0 Å². The van der Waals surface area contributed by atoms with Crippen LogP contribution in [0.2, 0.25) is 0 Å². The van der Waals surface area contributed by atoms with Crippen LogP contribution in [-0.4, -0.2) is 14.0 Å². The van der Waals surface area contributed by atoms with Gasteiger partial charge in [-0.3, -0.25) is 0 Å². The van der Waals surface area contributed by atoms with E-state index in [4.69, 9.17) is 12.6 Å². The molecule has 0 aromatic rings. The first kappa shape index (κ1) is 13.2. The smallest absolute Gasteiger partial charge is 0.118 e. The van der Waals surface area contributed by atoms with Gasteiger partial charge in [-0.2, -0.15) is 0 Å². The molecular formula is C14H21BO. The second kappa shape index (κ2) is 6.62. The van der Waals surface area contributed by atoms with Crippen molar-refractivity contribution in [2.45, 2.75) is 52.6 Å². The number of allylic oxidation sites excluding steroid dienone is 5. The van der Waals surface area contributed by atoms with Gasteiger partial charge < -0.3 is 4.74 Å². The van der Waals surface area contributed by atoms with Crippen molar-refractivity contribution in [2.24, 2.45) is 0 Å². The molecule has 0 heterocycles. The third kappa shape index (κ3) is 3.92. The van der Waals surface area contributed by atoms with E-state index in [0.717, 1.165) is 17.7 Å². The van der Waals surface area contributed by atoms with Gasteiger partial charge in [0.2, 0.25) is 0 Å². The highest BCUT2D eigenvalue weighted by atomic mass is 16.5. The molecule has 1 nitrogen and oxygen atoms in total. The monoisotopic (exact) mass is 216 g/mol. The van der Waals surface area contributed by atoms with Crippen LogP contribution >= 0.6 is 0 Å². The SMILES string of the molecule is [B]C(/C=C\C(OC1CCC1)=C(/C)CC)=C/C. The van der Waals surface area contributed by atoms with Crippen LogP contribution in [0.15, 0.2) is 35.0 Å². The van der Waals surface area contributed by atoms with Crippen LogP contribution in [0.25, 0.3) is 0 Å². The summed E-state index contributed by atoms with van der Waals surface area (Å²) in [6, 6.07) is 0. The van der Waals surface area contributed by atoms with E-state index in [1.807, 2.05) is 25.2 Å². The van der Waals surface area contributed by atoms with E-state index in [1.54, 1.807) is 0 Å². The molecule has 0 amide bonds. The molecule has 1 aliphatic rings. The van der Waals surface area contributed by atoms with Gasteiger partial charge in [0.05, 0.1) is 6.10 Å². The molecular weight excluding hydrogens is 195 g/mol. The lowest BCUT2D eigenvalue weighted by atomic mass is 9.94. The Bertz CT molecular complexity index is 309. The summed E-state index contributed by atoms with van der Waals surface area (Å²) in [5.74, 6) is 0.997. The molecule has 1 saturated carbocycles. The summed E-state index contributed by atoms with van der Waals surface area (Å²) < 4.78 is 5.94. The van der Waals surface area contributed by atoms with E-state index in [9.17, 15) is 0 Å². The van der Waals surface area contributed by atoms with E-state index in [0.29, 0.717) is 6.10 Å². The third-order valence-corrected chi connectivity index (χ3v) is 3.06. The third-order valence-electron chi connectivity index (χ3n) is 3.06. The first-order chi connectivity index (χ1) is 7.67. The van der Waals surface area contributed by atoms with Crippen molar-refractivity contribution in [3.63, 3.8) is 0 Å². The zero-order valence-electron chi connectivity index (χ0n) is 10.6. The largest absolute Gasteiger partial charge is 0.491 e. The molecule has 0 aliphatic heterocycles. The molecule has 0 unspecified atom stereocenters. The van der Waals surface area contributed by atoms with Crippen LogP contribution in [0.4, 0.5) is 0 Å². The summed E-state index contributed by atoms with van der Waals surface area (Å²) in [6.07, 6.45) is 10.9. The lowest BCUT2D eigenvalue weighted by Crippen LogP contribution is -2.21. The molecule has 16 heavy (non-hydrogen) atoms. The molecule has 0 spiro atoms. The van der Waals surface area contributed by atoms with E-state index in [2.05, 4.69) is 13.8 Å². The lowest BCUT2D eigenvalue weighted by Gasteiger charge is -2.27. The second-order valence-corrected chi connectivity index (χ2v) is 4.29. The summed E-state index contributed by atoms with van der Waals surface area (Å²) in [4.78, 5) is 0. The summed E-state index contributed by atoms with van der Waals surface area (Å²) in [5.41, 5.74) is 2.06. The van der Waals surface area contributed by atoms with Crippen LogP contribution in [0.3, 0.4) is 0 Å². The predicted octanol–water partition coefficient (Wildman–Crippen LogP) is 3.87. The summed E-state index contributed by atoms with van der Waals surface area (Å²) in [5, 5.41) is 0. The topological polar surface area (TPSA) is 9.23 Å². The highest BCUT2D eigenvalue weighted by Gasteiger charge is 2.19. The molecule has 0 aromatic heterocycles. The second-order valence-electron chi connectivity index (χ2n) is 4.29. The predicted molar refractivity (Wildman–Crippen MR) is 70.4 cm³/mol. The summed E-state index contributed by atoms with van der Waals surface area (Å²) in [6.45, 7) is 6.19. The summed E-state index contributed by atoms with van der Waals surface area (Å²) in [7, 11) is 5.74.